The number of nitrogen functional groups attached to an aromatic ring is 1. The largest absolute Gasteiger partial charge is 0.389 e. The Balaban J connectivity index is 1.70. The summed E-state index contributed by atoms with van der Waals surface area (Å²) in [6.07, 6.45) is 3.01. The van der Waals surface area contributed by atoms with Gasteiger partial charge in [0, 0.05) is 20.0 Å². The molecule has 1 aromatic carbocycles. The number of nitrogens with two attached hydrogens (primary N) is 1. The third kappa shape index (κ3) is 3.82. The topological polar surface area (TPSA) is 88.3 Å². The number of thiazole rings is 1. The fourth-order valence-corrected chi connectivity index (χ4v) is 4.04. The number of ketones is 1. The molecule has 0 bridgehead atoms. The predicted molar refractivity (Wildman–Crippen MR) is 100 cm³/mol. The summed E-state index contributed by atoms with van der Waals surface area (Å²) in [5, 5.41) is 3.58. The second-order valence-electron chi connectivity index (χ2n) is 6.09. The van der Waals surface area contributed by atoms with Crippen molar-refractivity contribution < 1.29 is 9.59 Å². The monoisotopic (exact) mass is 358 g/mol. The summed E-state index contributed by atoms with van der Waals surface area (Å²) in [5.41, 5.74) is 7.33. The van der Waals surface area contributed by atoms with Crippen molar-refractivity contribution in [3.05, 3.63) is 41.6 Å². The summed E-state index contributed by atoms with van der Waals surface area (Å²) in [6.45, 7) is 0.766. The van der Waals surface area contributed by atoms with Crippen LogP contribution < -0.4 is 16.0 Å². The zero-order valence-electron chi connectivity index (χ0n) is 14.2. The van der Waals surface area contributed by atoms with Crippen molar-refractivity contribution in [2.45, 2.75) is 31.7 Å². The Morgan fingerprint density at radius 3 is 2.84 bits per heavy atom. The van der Waals surface area contributed by atoms with Crippen LogP contribution in [0.5, 0.6) is 0 Å². The highest BCUT2D eigenvalue weighted by Crippen LogP contribution is 2.34. The lowest BCUT2D eigenvalue weighted by molar-refractivity contribution is -0.120. The summed E-state index contributed by atoms with van der Waals surface area (Å²) >= 11 is 1.27. The smallest absolute Gasteiger partial charge is 0.272 e. The molecule has 2 aromatic rings. The molecule has 1 aliphatic heterocycles. The summed E-state index contributed by atoms with van der Waals surface area (Å²) < 4.78 is 0. The highest BCUT2D eigenvalue weighted by molar-refractivity contribution is 7.19. The van der Waals surface area contributed by atoms with Gasteiger partial charge in [0.2, 0.25) is 0 Å². The summed E-state index contributed by atoms with van der Waals surface area (Å²) in [5.74, 6) is -0.0808. The molecule has 1 saturated heterocycles. The molecule has 0 saturated carbocycles. The Hall–Kier alpha value is -2.41. The first-order chi connectivity index (χ1) is 12.1. The van der Waals surface area contributed by atoms with E-state index in [1.165, 1.54) is 16.9 Å². The molecule has 7 heteroatoms. The molecule has 6 nitrogen and oxygen atoms in total. The lowest BCUT2D eigenvalue weighted by Crippen LogP contribution is -2.36. The summed E-state index contributed by atoms with van der Waals surface area (Å²) in [6, 6.07) is 9.85. The maximum atomic E-state index is 12.7. The summed E-state index contributed by atoms with van der Waals surface area (Å²) in [7, 11) is 1.55. The van der Waals surface area contributed by atoms with Gasteiger partial charge >= 0.3 is 0 Å². The minimum Gasteiger partial charge on any atom is -0.389 e. The number of Topliss-reactive ketones (excluding diaryl/α,β-unsaturated/α-hetero) is 1. The van der Waals surface area contributed by atoms with E-state index in [-0.39, 0.29) is 23.4 Å². The lowest BCUT2D eigenvalue weighted by atomic mass is 10.0. The molecular weight excluding hydrogens is 336 g/mol. The quantitative estimate of drug-likeness (QED) is 0.827. The van der Waals surface area contributed by atoms with E-state index in [9.17, 15) is 9.59 Å². The van der Waals surface area contributed by atoms with E-state index in [0.717, 1.165) is 25.8 Å². The first kappa shape index (κ1) is 17.4. The molecule has 1 amide bonds. The van der Waals surface area contributed by atoms with Gasteiger partial charge in [0.1, 0.15) is 5.00 Å². The van der Waals surface area contributed by atoms with Gasteiger partial charge in [-0.1, -0.05) is 41.7 Å². The molecule has 0 radical (unpaired) electrons. The third-order valence-electron chi connectivity index (χ3n) is 4.46. The van der Waals surface area contributed by atoms with E-state index in [4.69, 9.17) is 5.73 Å². The zero-order chi connectivity index (χ0) is 17.8. The maximum absolute atomic E-state index is 12.7. The lowest BCUT2D eigenvalue weighted by Gasteiger charge is -2.22. The molecule has 3 rings (SSSR count). The van der Waals surface area contributed by atoms with Crippen LogP contribution in [0.15, 0.2) is 30.3 Å². The fourth-order valence-electron chi connectivity index (χ4n) is 3.13. The van der Waals surface area contributed by atoms with Crippen LogP contribution in [0.4, 0.5) is 10.1 Å². The van der Waals surface area contributed by atoms with Crippen molar-refractivity contribution >= 4 is 33.2 Å². The molecule has 1 aromatic heterocycles. The number of hydrogen-bond acceptors (Lipinski definition) is 6. The Labute approximate surface area is 151 Å². The van der Waals surface area contributed by atoms with Gasteiger partial charge in [-0.3, -0.25) is 9.59 Å². The van der Waals surface area contributed by atoms with Gasteiger partial charge in [0.05, 0.1) is 6.04 Å². The molecule has 0 spiro atoms. The number of carbonyl (C=O) groups is 2. The van der Waals surface area contributed by atoms with Gasteiger partial charge in [-0.25, -0.2) is 4.98 Å². The number of amides is 1. The Kier molecular flexibility index (Phi) is 5.33. The molecule has 1 fully saturated rings. The van der Waals surface area contributed by atoms with Crippen LogP contribution in [0.3, 0.4) is 0 Å². The Bertz CT molecular complexity index is 760. The number of nitrogens with zero attached hydrogens (tertiary/aromatic N) is 2. The van der Waals surface area contributed by atoms with E-state index in [2.05, 4.69) is 10.3 Å². The average Bonchev–Trinajstić information content (AvgIpc) is 3.26. The first-order valence-corrected chi connectivity index (χ1v) is 9.23. The Morgan fingerprint density at radius 1 is 1.36 bits per heavy atom. The molecule has 2 heterocycles. The first-order valence-electron chi connectivity index (χ1n) is 8.42. The molecule has 25 heavy (non-hydrogen) atoms. The van der Waals surface area contributed by atoms with Crippen LogP contribution in [0, 0.1) is 0 Å². The third-order valence-corrected chi connectivity index (χ3v) is 5.38. The van der Waals surface area contributed by atoms with Crippen LogP contribution in [-0.2, 0) is 11.2 Å². The number of hydrogen-bond donors (Lipinski definition) is 2. The van der Waals surface area contributed by atoms with Crippen LogP contribution in [-0.4, -0.2) is 36.3 Å². The molecular formula is C18H22N4O2S. The molecule has 3 N–H and O–H groups in total. The van der Waals surface area contributed by atoms with Gasteiger partial charge in [-0.05, 0) is 24.8 Å². The van der Waals surface area contributed by atoms with Crippen molar-refractivity contribution in [3.8, 4) is 0 Å². The second kappa shape index (κ2) is 7.65. The molecule has 0 unspecified atom stereocenters. The minimum atomic E-state index is -0.300. The molecule has 1 atom stereocenters. The number of nitrogens with one attached hydrogen (secondary N) is 1. The second-order valence-corrected chi connectivity index (χ2v) is 7.10. The van der Waals surface area contributed by atoms with Crippen molar-refractivity contribution in [1.29, 1.82) is 0 Å². The number of benzene rings is 1. The van der Waals surface area contributed by atoms with Crippen LogP contribution >= 0.6 is 11.3 Å². The molecule has 1 aliphatic rings. The predicted octanol–water partition coefficient (Wildman–Crippen LogP) is 2.26. The zero-order valence-corrected chi connectivity index (χ0v) is 15.0. The van der Waals surface area contributed by atoms with Crippen LogP contribution in [0.25, 0.3) is 0 Å². The molecule has 132 valence electrons. The van der Waals surface area contributed by atoms with Gasteiger partial charge in [0.15, 0.2) is 16.6 Å². The van der Waals surface area contributed by atoms with Crippen molar-refractivity contribution in [1.82, 2.24) is 10.3 Å². The van der Waals surface area contributed by atoms with Gasteiger partial charge in [-0.2, -0.15) is 0 Å². The van der Waals surface area contributed by atoms with E-state index in [1.807, 2.05) is 35.2 Å². The van der Waals surface area contributed by atoms with Gasteiger partial charge in [0.25, 0.3) is 5.91 Å². The highest BCUT2D eigenvalue weighted by atomic mass is 32.1. The van der Waals surface area contributed by atoms with Crippen molar-refractivity contribution in [2.24, 2.45) is 0 Å². The van der Waals surface area contributed by atoms with Crippen molar-refractivity contribution in [3.63, 3.8) is 0 Å². The van der Waals surface area contributed by atoms with Crippen molar-refractivity contribution in [2.75, 3.05) is 24.2 Å². The maximum Gasteiger partial charge on any atom is 0.272 e. The number of rotatable bonds is 6. The normalized spacial score (nSPS) is 16.8. The van der Waals surface area contributed by atoms with Gasteiger partial charge in [-0.15, -0.1) is 0 Å². The minimum absolute atomic E-state index is 0.174. The number of anilines is 2. The fraction of sp³-hybridized carbons (Fsp3) is 0.389. The van der Waals surface area contributed by atoms with E-state index in [1.54, 1.807) is 7.05 Å². The molecule has 0 aliphatic carbocycles. The number of carbonyl (C=O) groups excluding carboxylic acids is 2. The average molecular weight is 358 g/mol. The number of aromatic nitrogens is 1. The summed E-state index contributed by atoms with van der Waals surface area (Å²) in [4.78, 5) is 30.9. The van der Waals surface area contributed by atoms with Crippen LogP contribution in [0.1, 0.15) is 35.3 Å². The number of aryl methyl sites for hydroxylation is 1. The van der Waals surface area contributed by atoms with E-state index < -0.39 is 0 Å². The standard InChI is InChI=1S/C18H22N4O2S/c1-20-17(24)15-16(19)25-18(21-15)22-11-5-8-13(22)14(23)10-9-12-6-3-2-4-7-12/h2-4,6-7,13H,5,8-11,19H2,1H3,(H,20,24)/t13-/m1/s1. The SMILES string of the molecule is CNC(=O)c1nc(N2CCC[C@@H]2C(=O)CCc2ccccc2)sc1N. The van der Waals surface area contributed by atoms with E-state index in [0.29, 0.717) is 16.6 Å². The van der Waals surface area contributed by atoms with E-state index >= 15 is 0 Å². The van der Waals surface area contributed by atoms with Crippen LogP contribution in [0.2, 0.25) is 0 Å². The highest BCUT2D eigenvalue weighted by Gasteiger charge is 2.33. The van der Waals surface area contributed by atoms with Gasteiger partial charge < -0.3 is 16.0 Å². The Morgan fingerprint density at radius 2 is 2.12 bits per heavy atom.